The van der Waals surface area contributed by atoms with Crippen molar-refractivity contribution in [2.45, 2.75) is 63.6 Å². The molecule has 0 saturated heterocycles. The van der Waals surface area contributed by atoms with Crippen molar-refractivity contribution in [1.82, 2.24) is 10.2 Å². The molecule has 0 radical (unpaired) electrons. The summed E-state index contributed by atoms with van der Waals surface area (Å²) in [6, 6.07) is 31.4. The minimum atomic E-state index is -4.13. The maximum atomic E-state index is 14.5. The van der Waals surface area contributed by atoms with Crippen LogP contribution < -0.4 is 9.62 Å². The quantitative estimate of drug-likeness (QED) is 0.159. The number of aryl methyl sites for hydroxylation is 1. The van der Waals surface area contributed by atoms with Crippen molar-refractivity contribution in [3.63, 3.8) is 0 Å². The summed E-state index contributed by atoms with van der Waals surface area (Å²) in [5.74, 6) is -0.777. The highest BCUT2D eigenvalue weighted by Gasteiger charge is 2.35. The number of halogens is 1. The van der Waals surface area contributed by atoms with E-state index in [4.69, 9.17) is 0 Å². The largest absolute Gasteiger partial charge is 0.352 e. The maximum Gasteiger partial charge on any atom is 0.264 e. The molecule has 1 N–H and O–H groups in total. The van der Waals surface area contributed by atoms with Crippen LogP contribution in [0.4, 0.5) is 5.69 Å². The topological polar surface area (TPSA) is 86.8 Å². The Balaban J connectivity index is 1.79. The second-order valence-electron chi connectivity index (χ2n) is 11.0. The highest BCUT2D eigenvalue weighted by molar-refractivity contribution is 9.10. The van der Waals surface area contributed by atoms with E-state index in [2.05, 4.69) is 21.2 Å². The van der Waals surface area contributed by atoms with E-state index >= 15 is 0 Å². The molecule has 0 saturated carbocycles. The molecule has 0 bridgehead atoms. The van der Waals surface area contributed by atoms with Gasteiger partial charge in [0.25, 0.3) is 10.0 Å². The van der Waals surface area contributed by atoms with Gasteiger partial charge in [-0.1, -0.05) is 103 Å². The summed E-state index contributed by atoms with van der Waals surface area (Å²) < 4.78 is 30.2. The maximum absolute atomic E-state index is 14.5. The summed E-state index contributed by atoms with van der Waals surface area (Å²) in [5, 5.41) is 3.06. The average molecular weight is 691 g/mol. The van der Waals surface area contributed by atoms with E-state index in [0.29, 0.717) is 5.69 Å². The predicted molar refractivity (Wildman–Crippen MR) is 183 cm³/mol. The Morgan fingerprint density at radius 3 is 1.93 bits per heavy atom. The van der Waals surface area contributed by atoms with E-state index in [1.54, 1.807) is 30.3 Å². The number of carbonyl (C=O) groups is 2. The van der Waals surface area contributed by atoms with Gasteiger partial charge in [-0.2, -0.15) is 0 Å². The van der Waals surface area contributed by atoms with Crippen molar-refractivity contribution in [3.05, 3.63) is 130 Å². The van der Waals surface area contributed by atoms with E-state index in [1.165, 1.54) is 17.0 Å². The summed E-state index contributed by atoms with van der Waals surface area (Å²) in [7, 11) is -4.13. The Bertz CT molecular complexity index is 1650. The van der Waals surface area contributed by atoms with Gasteiger partial charge in [-0.15, -0.1) is 0 Å². The van der Waals surface area contributed by atoms with Crippen LogP contribution in [0.25, 0.3) is 0 Å². The minimum absolute atomic E-state index is 0.0761. The number of nitrogens with zero attached hydrogens (tertiary/aromatic N) is 2. The average Bonchev–Trinajstić information content (AvgIpc) is 3.06. The van der Waals surface area contributed by atoms with Crippen molar-refractivity contribution in [2.75, 3.05) is 10.8 Å². The summed E-state index contributed by atoms with van der Waals surface area (Å²) in [5.41, 5.74) is 3.12. The lowest BCUT2D eigenvalue weighted by molar-refractivity contribution is -0.140. The lowest BCUT2D eigenvalue weighted by Gasteiger charge is -2.34. The molecule has 4 aromatic rings. The molecule has 0 aromatic heterocycles. The molecular formula is C36H40BrN3O4S. The highest BCUT2D eigenvalue weighted by Crippen LogP contribution is 2.26. The number of carbonyl (C=O) groups excluding carboxylic acids is 2. The van der Waals surface area contributed by atoms with Gasteiger partial charge in [0.2, 0.25) is 11.8 Å². The molecule has 0 aliphatic rings. The van der Waals surface area contributed by atoms with Crippen molar-refractivity contribution in [1.29, 1.82) is 0 Å². The predicted octanol–water partition coefficient (Wildman–Crippen LogP) is 6.76. The first-order chi connectivity index (χ1) is 21.6. The van der Waals surface area contributed by atoms with Crippen LogP contribution in [-0.4, -0.2) is 43.8 Å². The van der Waals surface area contributed by atoms with Crippen LogP contribution in [0.15, 0.2) is 119 Å². The van der Waals surface area contributed by atoms with Gasteiger partial charge >= 0.3 is 0 Å². The third kappa shape index (κ3) is 9.05. The van der Waals surface area contributed by atoms with Crippen molar-refractivity contribution < 1.29 is 18.0 Å². The lowest BCUT2D eigenvalue weighted by atomic mass is 10.0. The molecular weight excluding hydrogens is 650 g/mol. The number of hydrogen-bond donors (Lipinski definition) is 1. The van der Waals surface area contributed by atoms with Gasteiger partial charge < -0.3 is 10.2 Å². The van der Waals surface area contributed by atoms with E-state index in [9.17, 15) is 18.0 Å². The van der Waals surface area contributed by atoms with Crippen LogP contribution in [0.5, 0.6) is 0 Å². The molecule has 4 rings (SSSR count). The lowest BCUT2D eigenvalue weighted by Crippen LogP contribution is -2.54. The molecule has 9 heteroatoms. The fraction of sp³-hybridized carbons (Fsp3) is 0.278. The van der Waals surface area contributed by atoms with Gasteiger partial charge in [-0.05, 0) is 72.9 Å². The molecule has 0 aliphatic carbocycles. The Kier molecular flexibility index (Phi) is 12.0. The third-order valence-corrected chi connectivity index (χ3v) is 10.1. The number of nitrogens with one attached hydrogen (secondary N) is 1. The normalized spacial score (nSPS) is 12.6. The molecule has 4 aromatic carbocycles. The van der Waals surface area contributed by atoms with E-state index in [0.717, 1.165) is 38.3 Å². The van der Waals surface area contributed by atoms with Gasteiger partial charge in [0.1, 0.15) is 12.6 Å². The molecule has 0 unspecified atom stereocenters. The van der Waals surface area contributed by atoms with Crippen LogP contribution in [0, 0.1) is 0 Å². The SMILES string of the molecule is CCc1ccc(N(CC(=O)N(Cc2ccc(Br)cc2)[C@@H](Cc2ccccc2)C(=O)N[C@@H](C)CC)S(=O)(=O)c2ccccc2)cc1. The van der Waals surface area contributed by atoms with Crippen LogP contribution in [0.1, 0.15) is 43.9 Å². The molecule has 7 nitrogen and oxygen atoms in total. The monoisotopic (exact) mass is 689 g/mol. The second-order valence-corrected chi connectivity index (χ2v) is 13.8. The first-order valence-corrected chi connectivity index (χ1v) is 17.4. The number of rotatable bonds is 14. The number of hydrogen-bond acceptors (Lipinski definition) is 4. The first-order valence-electron chi connectivity index (χ1n) is 15.2. The first kappa shape index (κ1) is 33.9. The Morgan fingerprint density at radius 1 is 0.778 bits per heavy atom. The van der Waals surface area contributed by atoms with E-state index in [-0.39, 0.29) is 29.8 Å². The molecule has 0 fully saturated rings. The van der Waals surface area contributed by atoms with Crippen molar-refractivity contribution in [3.8, 4) is 0 Å². The zero-order chi connectivity index (χ0) is 32.4. The molecule has 2 amide bonds. The summed E-state index contributed by atoms with van der Waals surface area (Å²) in [4.78, 5) is 30.0. The Labute approximate surface area is 275 Å². The van der Waals surface area contributed by atoms with Crippen LogP contribution >= 0.6 is 15.9 Å². The Hall–Kier alpha value is -3.95. The zero-order valence-electron chi connectivity index (χ0n) is 25.9. The van der Waals surface area contributed by atoms with Crippen LogP contribution in [0.2, 0.25) is 0 Å². The van der Waals surface area contributed by atoms with E-state index < -0.39 is 28.5 Å². The van der Waals surface area contributed by atoms with Gasteiger partial charge in [-0.25, -0.2) is 8.42 Å². The smallest absolute Gasteiger partial charge is 0.264 e. The summed E-state index contributed by atoms with van der Waals surface area (Å²) >= 11 is 3.47. The second kappa shape index (κ2) is 15.9. The van der Waals surface area contributed by atoms with Crippen molar-refractivity contribution >= 4 is 43.5 Å². The molecule has 2 atom stereocenters. The minimum Gasteiger partial charge on any atom is -0.352 e. The molecule has 236 valence electrons. The summed E-state index contributed by atoms with van der Waals surface area (Å²) in [6.45, 7) is 5.56. The van der Waals surface area contributed by atoms with Crippen LogP contribution in [-0.2, 0) is 39.0 Å². The fourth-order valence-electron chi connectivity index (χ4n) is 4.93. The molecule has 0 heterocycles. The van der Waals surface area contributed by atoms with Crippen LogP contribution in [0.3, 0.4) is 0 Å². The third-order valence-electron chi connectivity index (χ3n) is 7.78. The number of benzene rings is 4. The Morgan fingerprint density at radius 2 is 1.36 bits per heavy atom. The number of amides is 2. The molecule has 0 spiro atoms. The molecule has 0 aliphatic heterocycles. The van der Waals surface area contributed by atoms with E-state index in [1.807, 2.05) is 87.5 Å². The van der Waals surface area contributed by atoms with Gasteiger partial charge in [0.15, 0.2) is 0 Å². The fourth-order valence-corrected chi connectivity index (χ4v) is 6.63. The van der Waals surface area contributed by atoms with Crippen molar-refractivity contribution in [2.24, 2.45) is 0 Å². The molecule has 45 heavy (non-hydrogen) atoms. The van der Waals surface area contributed by atoms with Gasteiger partial charge in [-0.3, -0.25) is 13.9 Å². The standard InChI is InChI=1S/C36H40BrN3O4S/c1-4-27(3)38-36(42)34(24-29-12-8-6-9-13-29)39(25-30-16-20-31(37)21-17-30)35(41)26-40(32-22-18-28(5-2)19-23-32)45(43,44)33-14-10-7-11-15-33/h6-23,27,34H,4-5,24-26H2,1-3H3,(H,38,42)/t27-,34-/m0/s1. The van der Waals surface area contributed by atoms with Gasteiger partial charge in [0.05, 0.1) is 10.6 Å². The zero-order valence-corrected chi connectivity index (χ0v) is 28.3. The van der Waals surface area contributed by atoms with Gasteiger partial charge in [0, 0.05) is 23.5 Å². The number of anilines is 1. The number of sulfonamides is 1. The summed E-state index contributed by atoms with van der Waals surface area (Å²) in [6.07, 6.45) is 1.78. The highest BCUT2D eigenvalue weighted by atomic mass is 79.9.